The van der Waals surface area contributed by atoms with Gasteiger partial charge < -0.3 is 11.5 Å². The first-order valence-electron chi connectivity index (χ1n) is 4.41. The van der Waals surface area contributed by atoms with Crippen LogP contribution < -0.4 is 11.5 Å². The van der Waals surface area contributed by atoms with Crippen LogP contribution in [-0.4, -0.2) is 10.3 Å². The fourth-order valence-electron chi connectivity index (χ4n) is 1.32. The Balaban J connectivity index is 2.58. The Bertz CT molecular complexity index is 553. The largest absolute Gasteiger partial charge is 0.396 e. The highest BCUT2D eigenvalue weighted by atomic mass is 79.9. The van der Waals surface area contributed by atoms with E-state index < -0.39 is 5.91 Å². The van der Waals surface area contributed by atoms with Crippen molar-refractivity contribution in [3.05, 3.63) is 33.6 Å². The summed E-state index contributed by atoms with van der Waals surface area (Å²) >= 11 is 4.42. The third kappa shape index (κ3) is 1.81. The predicted octanol–water partition coefficient (Wildman–Crippen LogP) is 2.25. The van der Waals surface area contributed by atoms with Crippen molar-refractivity contribution in [1.82, 2.24) is 4.37 Å². The monoisotopic (exact) mass is 297 g/mol. The van der Waals surface area contributed by atoms with Gasteiger partial charge in [-0.25, -0.2) is 0 Å². The van der Waals surface area contributed by atoms with E-state index in [0.717, 1.165) is 21.6 Å². The zero-order chi connectivity index (χ0) is 11.7. The highest BCUT2D eigenvalue weighted by Gasteiger charge is 2.17. The Morgan fingerprint density at radius 1 is 1.38 bits per heavy atom. The summed E-state index contributed by atoms with van der Waals surface area (Å²) in [6, 6.07) is 7.53. The molecule has 0 atom stereocenters. The lowest BCUT2D eigenvalue weighted by Gasteiger charge is -2.01. The summed E-state index contributed by atoms with van der Waals surface area (Å²) < 4.78 is 5.03. The van der Waals surface area contributed by atoms with E-state index in [1.54, 1.807) is 0 Å². The Kier molecular flexibility index (Phi) is 2.93. The van der Waals surface area contributed by atoms with Gasteiger partial charge in [-0.15, -0.1) is 0 Å². The second kappa shape index (κ2) is 4.23. The molecule has 2 aromatic rings. The molecule has 1 aromatic carbocycles. The number of primary amides is 1. The van der Waals surface area contributed by atoms with Crippen LogP contribution in [0.4, 0.5) is 5.69 Å². The van der Waals surface area contributed by atoms with Gasteiger partial charge in [0, 0.05) is 10.0 Å². The van der Waals surface area contributed by atoms with Crippen LogP contribution in [-0.2, 0) is 0 Å². The molecule has 0 aliphatic rings. The van der Waals surface area contributed by atoms with E-state index in [2.05, 4.69) is 20.3 Å². The van der Waals surface area contributed by atoms with E-state index in [9.17, 15) is 4.79 Å². The number of nitrogen functional groups attached to an aromatic ring is 1. The van der Waals surface area contributed by atoms with Crippen LogP contribution in [0.15, 0.2) is 28.7 Å². The smallest absolute Gasteiger partial charge is 0.262 e. The first-order chi connectivity index (χ1) is 7.61. The maximum Gasteiger partial charge on any atom is 0.262 e. The Morgan fingerprint density at radius 2 is 2.06 bits per heavy atom. The number of nitrogens with two attached hydrogens (primary N) is 2. The van der Waals surface area contributed by atoms with Crippen molar-refractivity contribution in [2.24, 2.45) is 5.73 Å². The molecule has 1 aromatic heterocycles. The molecule has 82 valence electrons. The van der Waals surface area contributed by atoms with Gasteiger partial charge >= 0.3 is 0 Å². The number of nitrogens with zero attached hydrogens (tertiary/aromatic N) is 1. The van der Waals surface area contributed by atoms with Gasteiger partial charge in [0.05, 0.1) is 5.69 Å². The van der Waals surface area contributed by atoms with Crippen molar-refractivity contribution < 1.29 is 4.79 Å². The number of amides is 1. The van der Waals surface area contributed by atoms with Crippen LogP contribution in [0, 0.1) is 0 Å². The molecular formula is C10H8BrN3OS. The van der Waals surface area contributed by atoms with E-state index >= 15 is 0 Å². The molecule has 0 saturated heterocycles. The number of rotatable bonds is 2. The Morgan fingerprint density at radius 3 is 2.62 bits per heavy atom. The predicted molar refractivity (Wildman–Crippen MR) is 68.2 cm³/mol. The lowest BCUT2D eigenvalue weighted by Crippen LogP contribution is -2.10. The minimum atomic E-state index is -0.548. The molecule has 1 heterocycles. The molecule has 2 rings (SSSR count). The molecule has 0 fully saturated rings. The van der Waals surface area contributed by atoms with Gasteiger partial charge in [-0.2, -0.15) is 4.37 Å². The van der Waals surface area contributed by atoms with Gasteiger partial charge in [0.15, 0.2) is 0 Å². The first kappa shape index (κ1) is 11.1. The molecule has 0 radical (unpaired) electrons. The van der Waals surface area contributed by atoms with E-state index in [1.165, 1.54) is 0 Å². The normalized spacial score (nSPS) is 10.3. The molecule has 16 heavy (non-hydrogen) atoms. The van der Waals surface area contributed by atoms with E-state index in [-0.39, 0.29) is 0 Å². The van der Waals surface area contributed by atoms with Crippen molar-refractivity contribution in [3.8, 4) is 11.3 Å². The molecule has 6 heteroatoms. The number of benzene rings is 1. The quantitative estimate of drug-likeness (QED) is 0.892. The molecule has 4 N–H and O–H groups in total. The third-order valence-corrected chi connectivity index (χ3v) is 3.65. The standard InChI is InChI=1S/C10H8BrN3OS/c11-6-4-2-1-3-5(6)8-7(12)9(10(13)15)16-14-8/h1-4H,12H2,(H2,13,15). The zero-order valence-electron chi connectivity index (χ0n) is 8.11. The second-order valence-electron chi connectivity index (χ2n) is 3.12. The molecule has 0 saturated carbocycles. The highest BCUT2D eigenvalue weighted by molar-refractivity contribution is 9.10. The molecule has 0 bridgehead atoms. The van der Waals surface area contributed by atoms with Crippen molar-refractivity contribution in [1.29, 1.82) is 0 Å². The number of halogens is 1. The number of carbonyl (C=O) groups excluding carboxylic acids is 1. The van der Waals surface area contributed by atoms with E-state index in [4.69, 9.17) is 11.5 Å². The van der Waals surface area contributed by atoms with Crippen LogP contribution in [0.25, 0.3) is 11.3 Å². The van der Waals surface area contributed by atoms with Crippen LogP contribution >= 0.6 is 27.5 Å². The summed E-state index contributed by atoms with van der Waals surface area (Å²) in [4.78, 5) is 11.3. The second-order valence-corrected chi connectivity index (χ2v) is 4.75. The van der Waals surface area contributed by atoms with Gasteiger partial charge in [0.1, 0.15) is 10.6 Å². The van der Waals surface area contributed by atoms with Gasteiger partial charge in [-0.1, -0.05) is 34.1 Å². The summed E-state index contributed by atoms with van der Waals surface area (Å²) in [5, 5.41) is 0. The fraction of sp³-hybridized carbons (Fsp3) is 0. The molecule has 4 nitrogen and oxygen atoms in total. The zero-order valence-corrected chi connectivity index (χ0v) is 10.5. The maximum atomic E-state index is 11.1. The molecule has 0 aliphatic heterocycles. The number of carbonyl (C=O) groups is 1. The molecular weight excluding hydrogens is 290 g/mol. The summed E-state index contributed by atoms with van der Waals surface area (Å²) in [6.45, 7) is 0. The lowest BCUT2D eigenvalue weighted by atomic mass is 10.1. The summed E-state index contributed by atoms with van der Waals surface area (Å²) in [6.07, 6.45) is 0. The summed E-state index contributed by atoms with van der Waals surface area (Å²) in [7, 11) is 0. The Hall–Kier alpha value is -1.40. The number of hydrogen-bond acceptors (Lipinski definition) is 4. The maximum absolute atomic E-state index is 11.1. The van der Waals surface area contributed by atoms with Crippen molar-refractivity contribution in [2.75, 3.05) is 5.73 Å². The highest BCUT2D eigenvalue weighted by Crippen LogP contribution is 2.34. The summed E-state index contributed by atoms with van der Waals surface area (Å²) in [5.41, 5.74) is 12.8. The van der Waals surface area contributed by atoms with Crippen molar-refractivity contribution in [2.45, 2.75) is 0 Å². The van der Waals surface area contributed by atoms with Crippen LogP contribution in [0.5, 0.6) is 0 Å². The van der Waals surface area contributed by atoms with Crippen LogP contribution in [0.2, 0.25) is 0 Å². The van der Waals surface area contributed by atoms with Crippen LogP contribution in [0.1, 0.15) is 9.67 Å². The van der Waals surface area contributed by atoms with Gasteiger partial charge in [0.2, 0.25) is 0 Å². The van der Waals surface area contributed by atoms with E-state index in [1.807, 2.05) is 24.3 Å². The van der Waals surface area contributed by atoms with Gasteiger partial charge in [-0.3, -0.25) is 4.79 Å². The fourth-order valence-corrected chi connectivity index (χ4v) is 2.46. The minimum absolute atomic E-state index is 0.297. The number of hydrogen-bond donors (Lipinski definition) is 2. The average Bonchev–Trinajstić information content (AvgIpc) is 2.61. The molecule has 1 amide bonds. The average molecular weight is 298 g/mol. The van der Waals surface area contributed by atoms with Crippen molar-refractivity contribution >= 4 is 39.1 Å². The minimum Gasteiger partial charge on any atom is -0.396 e. The first-order valence-corrected chi connectivity index (χ1v) is 5.97. The van der Waals surface area contributed by atoms with Crippen molar-refractivity contribution in [3.63, 3.8) is 0 Å². The molecule has 0 aliphatic carbocycles. The lowest BCUT2D eigenvalue weighted by molar-refractivity contribution is 0.100. The van der Waals surface area contributed by atoms with Gasteiger partial charge in [0.25, 0.3) is 5.91 Å². The molecule has 0 spiro atoms. The number of aromatic nitrogens is 1. The van der Waals surface area contributed by atoms with Gasteiger partial charge in [-0.05, 0) is 17.6 Å². The SMILES string of the molecule is NC(=O)c1snc(-c2ccccc2Br)c1N. The van der Waals surface area contributed by atoms with Crippen LogP contribution in [0.3, 0.4) is 0 Å². The topological polar surface area (TPSA) is 82.0 Å². The Labute approximate surface area is 105 Å². The molecule has 0 unspecified atom stereocenters. The number of anilines is 1. The van der Waals surface area contributed by atoms with E-state index in [0.29, 0.717) is 16.3 Å². The third-order valence-electron chi connectivity index (χ3n) is 2.08. The summed E-state index contributed by atoms with van der Waals surface area (Å²) in [5.74, 6) is -0.548.